The van der Waals surface area contributed by atoms with Gasteiger partial charge in [-0.2, -0.15) is 0 Å². The van der Waals surface area contributed by atoms with E-state index in [1.807, 2.05) is 30.3 Å². The van der Waals surface area contributed by atoms with E-state index in [1.165, 1.54) is 37.3 Å². The standard InChI is InChI=1S/C34H35Cl2N3O6S/c1-4-37-34(41)30(19-24-11-7-5-8-12-24)38(22-25-15-16-26(35)20-29(25)36)33(40)23-39(27-13-9-6-10-14-27)46(42,43)28-17-18-31(44-2)32(21-28)45-3/h5-18,20-21,30H,4,19,22-23H2,1-3H3,(H,37,41). The van der Waals surface area contributed by atoms with E-state index in [1.54, 1.807) is 55.5 Å². The fourth-order valence-electron chi connectivity index (χ4n) is 4.91. The predicted octanol–water partition coefficient (Wildman–Crippen LogP) is 5.98. The van der Waals surface area contributed by atoms with Gasteiger partial charge in [-0.15, -0.1) is 0 Å². The summed E-state index contributed by atoms with van der Waals surface area (Å²) in [6, 6.07) is 25.6. The summed E-state index contributed by atoms with van der Waals surface area (Å²) in [5.74, 6) is -0.452. The molecule has 2 amide bonds. The summed E-state index contributed by atoms with van der Waals surface area (Å²) in [6.45, 7) is 1.42. The molecule has 0 fully saturated rings. The molecule has 0 spiro atoms. The molecule has 4 aromatic rings. The molecule has 9 nitrogen and oxygen atoms in total. The van der Waals surface area contributed by atoms with E-state index in [0.29, 0.717) is 27.9 Å². The average Bonchev–Trinajstić information content (AvgIpc) is 3.06. The summed E-state index contributed by atoms with van der Waals surface area (Å²) >= 11 is 12.7. The van der Waals surface area contributed by atoms with Gasteiger partial charge in [-0.1, -0.05) is 77.8 Å². The fraction of sp³-hybridized carbons (Fsp3) is 0.235. The SMILES string of the molecule is CCNC(=O)C(Cc1ccccc1)N(Cc1ccc(Cl)cc1Cl)C(=O)CN(c1ccccc1)S(=O)(=O)c1ccc(OC)c(OC)c1. The number of ether oxygens (including phenoxy) is 2. The molecule has 0 aliphatic rings. The van der Waals surface area contributed by atoms with Crippen LogP contribution in [0.15, 0.2) is 102 Å². The Bertz CT molecular complexity index is 1760. The minimum atomic E-state index is -4.34. The first-order valence-corrected chi connectivity index (χ1v) is 16.6. The van der Waals surface area contributed by atoms with Gasteiger partial charge in [-0.25, -0.2) is 8.42 Å². The fourth-order valence-corrected chi connectivity index (χ4v) is 6.81. The first kappa shape index (κ1) is 34.6. The van der Waals surface area contributed by atoms with Gasteiger partial charge in [0.2, 0.25) is 11.8 Å². The molecular weight excluding hydrogens is 649 g/mol. The van der Waals surface area contributed by atoms with Gasteiger partial charge >= 0.3 is 0 Å². The van der Waals surface area contributed by atoms with Crippen molar-refractivity contribution in [3.8, 4) is 11.5 Å². The molecule has 1 unspecified atom stereocenters. The normalized spacial score (nSPS) is 11.8. The van der Waals surface area contributed by atoms with E-state index in [0.717, 1.165) is 9.87 Å². The van der Waals surface area contributed by atoms with Crippen molar-refractivity contribution in [1.82, 2.24) is 10.2 Å². The first-order valence-electron chi connectivity index (χ1n) is 14.4. The molecule has 0 heterocycles. The van der Waals surface area contributed by atoms with Crippen LogP contribution in [0.25, 0.3) is 0 Å². The highest BCUT2D eigenvalue weighted by molar-refractivity contribution is 7.92. The zero-order valence-electron chi connectivity index (χ0n) is 25.7. The molecule has 4 aromatic carbocycles. The Kier molecular flexibility index (Phi) is 11.9. The highest BCUT2D eigenvalue weighted by atomic mass is 35.5. The third kappa shape index (κ3) is 8.31. The number of rotatable bonds is 14. The van der Waals surface area contributed by atoms with Crippen LogP contribution < -0.4 is 19.1 Å². The minimum absolute atomic E-state index is 0.0808. The van der Waals surface area contributed by atoms with Crippen LogP contribution in [0.4, 0.5) is 5.69 Å². The van der Waals surface area contributed by atoms with Gasteiger partial charge in [-0.05, 0) is 54.4 Å². The van der Waals surface area contributed by atoms with Gasteiger partial charge in [0.1, 0.15) is 12.6 Å². The second-order valence-corrected chi connectivity index (χ2v) is 12.9. The number of hydrogen-bond donors (Lipinski definition) is 1. The van der Waals surface area contributed by atoms with Crippen LogP contribution in [0.5, 0.6) is 11.5 Å². The van der Waals surface area contributed by atoms with Crippen molar-refractivity contribution in [3.05, 3.63) is 118 Å². The van der Waals surface area contributed by atoms with Crippen molar-refractivity contribution in [2.45, 2.75) is 30.8 Å². The molecule has 0 saturated heterocycles. The van der Waals surface area contributed by atoms with Gasteiger partial charge < -0.3 is 19.7 Å². The largest absolute Gasteiger partial charge is 0.493 e. The number of amides is 2. The number of benzene rings is 4. The second kappa shape index (κ2) is 15.8. The summed E-state index contributed by atoms with van der Waals surface area (Å²) in [6.07, 6.45) is 0.178. The number of methoxy groups -OCH3 is 2. The van der Waals surface area contributed by atoms with Gasteiger partial charge in [0.05, 0.1) is 24.8 Å². The quantitative estimate of drug-likeness (QED) is 0.175. The molecule has 0 aromatic heterocycles. The third-order valence-electron chi connectivity index (χ3n) is 7.24. The van der Waals surface area contributed by atoms with Gasteiger partial charge in [0, 0.05) is 35.6 Å². The first-order chi connectivity index (χ1) is 22.1. The Morgan fingerprint density at radius 1 is 0.848 bits per heavy atom. The van der Waals surface area contributed by atoms with Crippen LogP contribution in [0.2, 0.25) is 10.0 Å². The molecule has 242 valence electrons. The van der Waals surface area contributed by atoms with Crippen molar-refractivity contribution >= 4 is 50.7 Å². The molecule has 1 N–H and O–H groups in total. The number of nitrogens with one attached hydrogen (secondary N) is 1. The van der Waals surface area contributed by atoms with Crippen LogP contribution in [-0.4, -0.2) is 58.5 Å². The number of nitrogens with zero attached hydrogens (tertiary/aromatic N) is 2. The second-order valence-electron chi connectivity index (χ2n) is 10.2. The summed E-state index contributed by atoms with van der Waals surface area (Å²) < 4.78 is 40.2. The van der Waals surface area contributed by atoms with Crippen LogP contribution in [0.3, 0.4) is 0 Å². The lowest BCUT2D eigenvalue weighted by Gasteiger charge is -2.34. The van der Waals surface area contributed by atoms with Crippen molar-refractivity contribution in [3.63, 3.8) is 0 Å². The molecule has 0 saturated carbocycles. The maximum atomic E-state index is 14.5. The Morgan fingerprint density at radius 3 is 2.11 bits per heavy atom. The third-order valence-corrected chi connectivity index (χ3v) is 9.60. The lowest BCUT2D eigenvalue weighted by molar-refractivity contribution is -0.140. The summed E-state index contributed by atoms with van der Waals surface area (Å²) in [7, 11) is -1.48. The number of carbonyl (C=O) groups excluding carboxylic acids is 2. The zero-order valence-corrected chi connectivity index (χ0v) is 28.0. The number of sulfonamides is 1. The topological polar surface area (TPSA) is 105 Å². The minimum Gasteiger partial charge on any atom is -0.493 e. The van der Waals surface area contributed by atoms with Gasteiger partial charge in [-0.3, -0.25) is 13.9 Å². The number of likely N-dealkylation sites (N-methyl/N-ethyl adjacent to an activating group) is 1. The average molecular weight is 685 g/mol. The summed E-state index contributed by atoms with van der Waals surface area (Å²) in [5.41, 5.74) is 1.61. The number of anilines is 1. The summed E-state index contributed by atoms with van der Waals surface area (Å²) in [4.78, 5) is 29.3. The number of halogens is 2. The van der Waals surface area contributed by atoms with E-state index in [-0.39, 0.29) is 29.3 Å². The molecule has 0 aliphatic carbocycles. The molecule has 0 bridgehead atoms. The Hall–Kier alpha value is -4.25. The number of hydrogen-bond acceptors (Lipinski definition) is 6. The van der Waals surface area contributed by atoms with Crippen molar-refractivity contribution < 1.29 is 27.5 Å². The maximum Gasteiger partial charge on any atom is 0.264 e. The highest BCUT2D eigenvalue weighted by Crippen LogP contribution is 2.32. The van der Waals surface area contributed by atoms with Gasteiger partial charge in [0.25, 0.3) is 10.0 Å². The molecule has 0 aliphatic heterocycles. The Labute approximate surface area is 279 Å². The Balaban J connectivity index is 1.82. The van der Waals surface area contributed by atoms with E-state index >= 15 is 0 Å². The van der Waals surface area contributed by atoms with Crippen molar-refractivity contribution in [1.29, 1.82) is 0 Å². The lowest BCUT2D eigenvalue weighted by Crippen LogP contribution is -2.53. The lowest BCUT2D eigenvalue weighted by atomic mass is 10.0. The van der Waals surface area contributed by atoms with Crippen molar-refractivity contribution in [2.24, 2.45) is 0 Å². The Morgan fingerprint density at radius 2 is 1.50 bits per heavy atom. The van der Waals surface area contributed by atoms with Gasteiger partial charge in [0.15, 0.2) is 11.5 Å². The number of para-hydroxylation sites is 1. The van der Waals surface area contributed by atoms with Crippen LogP contribution in [-0.2, 0) is 32.6 Å². The molecule has 1 atom stereocenters. The van der Waals surface area contributed by atoms with E-state index in [2.05, 4.69) is 5.32 Å². The van der Waals surface area contributed by atoms with Crippen molar-refractivity contribution in [2.75, 3.05) is 31.6 Å². The van der Waals surface area contributed by atoms with Crippen LogP contribution >= 0.6 is 23.2 Å². The molecular formula is C34H35Cl2N3O6S. The molecule has 46 heavy (non-hydrogen) atoms. The monoisotopic (exact) mass is 683 g/mol. The van der Waals surface area contributed by atoms with Crippen LogP contribution in [0, 0.1) is 0 Å². The van der Waals surface area contributed by atoms with E-state index < -0.39 is 34.4 Å². The smallest absolute Gasteiger partial charge is 0.264 e. The number of carbonyl (C=O) groups is 2. The highest BCUT2D eigenvalue weighted by Gasteiger charge is 2.35. The van der Waals surface area contributed by atoms with E-state index in [9.17, 15) is 18.0 Å². The zero-order chi connectivity index (χ0) is 33.3. The molecule has 12 heteroatoms. The molecule has 4 rings (SSSR count). The van der Waals surface area contributed by atoms with E-state index in [4.69, 9.17) is 32.7 Å². The predicted molar refractivity (Wildman–Crippen MR) is 180 cm³/mol. The maximum absolute atomic E-state index is 14.5. The molecule has 0 radical (unpaired) electrons. The summed E-state index contributed by atoms with van der Waals surface area (Å²) in [5, 5.41) is 3.54. The van der Waals surface area contributed by atoms with Crippen LogP contribution in [0.1, 0.15) is 18.1 Å².